The first-order valence-corrected chi connectivity index (χ1v) is 7.11. The number of carbonyl (C=O) groups is 1. The zero-order valence-corrected chi connectivity index (χ0v) is 11.4. The van der Waals surface area contributed by atoms with Gasteiger partial charge in [0.1, 0.15) is 11.5 Å². The summed E-state index contributed by atoms with van der Waals surface area (Å²) in [5, 5.41) is 4.90. The SMILES string of the molecule is CCc1nc(COC(=O)c2sccc2C)cs1. The van der Waals surface area contributed by atoms with Gasteiger partial charge in [0.05, 0.1) is 10.7 Å². The number of aromatic nitrogens is 1. The summed E-state index contributed by atoms with van der Waals surface area (Å²) in [6.07, 6.45) is 0.919. The van der Waals surface area contributed by atoms with E-state index >= 15 is 0 Å². The van der Waals surface area contributed by atoms with Gasteiger partial charge in [-0.2, -0.15) is 0 Å². The minimum atomic E-state index is -0.261. The summed E-state index contributed by atoms with van der Waals surface area (Å²) in [4.78, 5) is 16.8. The second-order valence-corrected chi connectivity index (χ2v) is 5.45. The molecule has 17 heavy (non-hydrogen) atoms. The molecule has 0 saturated carbocycles. The molecule has 0 fully saturated rings. The van der Waals surface area contributed by atoms with Crippen LogP contribution in [0.1, 0.15) is 32.9 Å². The van der Waals surface area contributed by atoms with Gasteiger partial charge in [-0.3, -0.25) is 0 Å². The highest BCUT2D eigenvalue weighted by molar-refractivity contribution is 7.12. The number of nitrogens with zero attached hydrogens (tertiary/aromatic N) is 1. The van der Waals surface area contributed by atoms with Crippen molar-refractivity contribution in [2.45, 2.75) is 26.9 Å². The second kappa shape index (κ2) is 5.42. The molecule has 0 aliphatic rings. The third-order valence-electron chi connectivity index (χ3n) is 2.30. The van der Waals surface area contributed by atoms with Crippen LogP contribution in [-0.4, -0.2) is 11.0 Å². The lowest BCUT2D eigenvalue weighted by Crippen LogP contribution is -2.04. The van der Waals surface area contributed by atoms with Crippen molar-refractivity contribution in [2.24, 2.45) is 0 Å². The van der Waals surface area contributed by atoms with Gasteiger partial charge in [-0.15, -0.1) is 22.7 Å². The van der Waals surface area contributed by atoms with E-state index in [9.17, 15) is 4.79 Å². The summed E-state index contributed by atoms with van der Waals surface area (Å²) in [5.41, 5.74) is 1.79. The Morgan fingerprint density at radius 2 is 2.29 bits per heavy atom. The number of hydrogen-bond donors (Lipinski definition) is 0. The molecule has 0 spiro atoms. The van der Waals surface area contributed by atoms with E-state index < -0.39 is 0 Å². The number of carbonyl (C=O) groups excluding carboxylic acids is 1. The summed E-state index contributed by atoms with van der Waals surface area (Å²) in [5.74, 6) is -0.261. The van der Waals surface area contributed by atoms with Crippen LogP contribution in [-0.2, 0) is 17.8 Å². The molecule has 0 amide bonds. The number of esters is 1. The van der Waals surface area contributed by atoms with Crippen molar-refractivity contribution in [1.82, 2.24) is 4.98 Å². The fourth-order valence-corrected chi connectivity index (χ4v) is 2.91. The molecule has 0 saturated heterocycles. The minimum Gasteiger partial charge on any atom is -0.455 e. The van der Waals surface area contributed by atoms with Crippen molar-refractivity contribution < 1.29 is 9.53 Å². The molecule has 0 unspecified atom stereocenters. The van der Waals surface area contributed by atoms with E-state index in [0.717, 1.165) is 22.7 Å². The Hall–Kier alpha value is -1.20. The van der Waals surface area contributed by atoms with Gasteiger partial charge < -0.3 is 4.74 Å². The zero-order valence-electron chi connectivity index (χ0n) is 9.73. The highest BCUT2D eigenvalue weighted by Gasteiger charge is 2.12. The van der Waals surface area contributed by atoms with E-state index in [1.54, 1.807) is 11.3 Å². The Labute approximate surface area is 108 Å². The van der Waals surface area contributed by atoms with Gasteiger partial charge in [0.25, 0.3) is 0 Å². The molecule has 0 radical (unpaired) electrons. The first kappa shape index (κ1) is 12.3. The van der Waals surface area contributed by atoms with Crippen LogP contribution in [0.3, 0.4) is 0 Å². The first-order chi connectivity index (χ1) is 8.20. The average molecular weight is 267 g/mol. The van der Waals surface area contributed by atoms with E-state index in [2.05, 4.69) is 11.9 Å². The standard InChI is InChI=1S/C12H13NO2S2/c1-3-10-13-9(7-17-10)6-15-12(14)11-8(2)4-5-16-11/h4-5,7H,3,6H2,1-2H3. The van der Waals surface area contributed by atoms with Crippen molar-refractivity contribution in [3.8, 4) is 0 Å². The lowest BCUT2D eigenvalue weighted by molar-refractivity contribution is 0.0473. The molecular weight excluding hydrogens is 254 g/mol. The molecule has 0 atom stereocenters. The monoisotopic (exact) mass is 267 g/mol. The molecule has 0 bridgehead atoms. The van der Waals surface area contributed by atoms with Crippen LogP contribution < -0.4 is 0 Å². The van der Waals surface area contributed by atoms with Crippen molar-refractivity contribution >= 4 is 28.6 Å². The molecule has 5 heteroatoms. The molecule has 90 valence electrons. The van der Waals surface area contributed by atoms with Gasteiger partial charge in [0.2, 0.25) is 0 Å². The largest absolute Gasteiger partial charge is 0.455 e. The van der Waals surface area contributed by atoms with Gasteiger partial charge in [-0.1, -0.05) is 6.92 Å². The number of ether oxygens (including phenoxy) is 1. The number of hydrogen-bond acceptors (Lipinski definition) is 5. The number of thiazole rings is 1. The fraction of sp³-hybridized carbons (Fsp3) is 0.333. The molecule has 3 nitrogen and oxygen atoms in total. The molecule has 2 heterocycles. The topological polar surface area (TPSA) is 39.2 Å². The van der Waals surface area contributed by atoms with Crippen molar-refractivity contribution in [2.75, 3.05) is 0 Å². The van der Waals surface area contributed by atoms with E-state index in [4.69, 9.17) is 4.74 Å². The van der Waals surface area contributed by atoms with Gasteiger partial charge in [0.15, 0.2) is 0 Å². The smallest absolute Gasteiger partial charge is 0.348 e. The summed E-state index contributed by atoms with van der Waals surface area (Å²) < 4.78 is 5.23. The van der Waals surface area contributed by atoms with Crippen LogP contribution in [0.15, 0.2) is 16.8 Å². The Morgan fingerprint density at radius 3 is 2.88 bits per heavy atom. The molecule has 0 N–H and O–H groups in total. The Balaban J connectivity index is 1.94. The van der Waals surface area contributed by atoms with Crippen LogP contribution in [0.4, 0.5) is 0 Å². The molecule has 2 aromatic rings. The van der Waals surface area contributed by atoms with E-state index in [1.807, 2.05) is 23.8 Å². The lowest BCUT2D eigenvalue weighted by Gasteiger charge is -2.01. The quantitative estimate of drug-likeness (QED) is 0.797. The molecule has 2 aromatic heterocycles. The second-order valence-electron chi connectivity index (χ2n) is 3.60. The average Bonchev–Trinajstić information content (AvgIpc) is 2.94. The van der Waals surface area contributed by atoms with Crippen molar-refractivity contribution in [3.05, 3.63) is 38.0 Å². The molecule has 2 rings (SSSR count). The normalized spacial score (nSPS) is 10.5. The van der Waals surface area contributed by atoms with Crippen LogP contribution in [0.25, 0.3) is 0 Å². The number of thiophene rings is 1. The maximum atomic E-state index is 11.7. The Kier molecular flexibility index (Phi) is 3.91. The van der Waals surface area contributed by atoms with Gasteiger partial charge in [-0.25, -0.2) is 9.78 Å². The Bertz CT molecular complexity index is 516. The third kappa shape index (κ3) is 2.92. The maximum absolute atomic E-state index is 11.7. The molecule has 0 aliphatic heterocycles. The Morgan fingerprint density at radius 1 is 1.47 bits per heavy atom. The van der Waals surface area contributed by atoms with Crippen LogP contribution >= 0.6 is 22.7 Å². The first-order valence-electron chi connectivity index (χ1n) is 5.35. The van der Waals surface area contributed by atoms with E-state index in [0.29, 0.717) is 4.88 Å². The molecule has 0 aromatic carbocycles. The van der Waals surface area contributed by atoms with E-state index in [1.165, 1.54) is 11.3 Å². The maximum Gasteiger partial charge on any atom is 0.348 e. The predicted molar refractivity (Wildman–Crippen MR) is 69.7 cm³/mol. The number of rotatable bonds is 4. The van der Waals surface area contributed by atoms with Gasteiger partial charge in [0, 0.05) is 5.38 Å². The highest BCUT2D eigenvalue weighted by atomic mass is 32.1. The van der Waals surface area contributed by atoms with Gasteiger partial charge in [-0.05, 0) is 30.4 Å². The summed E-state index contributed by atoms with van der Waals surface area (Å²) in [7, 11) is 0. The number of aryl methyl sites for hydroxylation is 2. The van der Waals surface area contributed by atoms with Crippen LogP contribution in [0, 0.1) is 6.92 Å². The minimum absolute atomic E-state index is 0.257. The lowest BCUT2D eigenvalue weighted by atomic mass is 10.3. The molecular formula is C12H13NO2S2. The van der Waals surface area contributed by atoms with Crippen LogP contribution in [0.5, 0.6) is 0 Å². The molecule has 0 aliphatic carbocycles. The van der Waals surface area contributed by atoms with E-state index in [-0.39, 0.29) is 12.6 Å². The zero-order chi connectivity index (χ0) is 12.3. The van der Waals surface area contributed by atoms with Crippen LogP contribution in [0.2, 0.25) is 0 Å². The summed E-state index contributed by atoms with van der Waals surface area (Å²) in [6.45, 7) is 4.22. The third-order valence-corrected chi connectivity index (χ3v) is 4.34. The highest BCUT2D eigenvalue weighted by Crippen LogP contribution is 2.18. The van der Waals surface area contributed by atoms with Crippen molar-refractivity contribution in [3.63, 3.8) is 0 Å². The van der Waals surface area contributed by atoms with Gasteiger partial charge >= 0.3 is 5.97 Å². The fourth-order valence-electron chi connectivity index (χ4n) is 1.36. The summed E-state index contributed by atoms with van der Waals surface area (Å²) >= 11 is 3.01. The predicted octanol–water partition coefficient (Wildman–Crippen LogP) is 3.43. The van der Waals surface area contributed by atoms with Crippen molar-refractivity contribution in [1.29, 1.82) is 0 Å². The summed E-state index contributed by atoms with van der Waals surface area (Å²) in [6, 6.07) is 1.92.